The van der Waals surface area contributed by atoms with Gasteiger partial charge in [-0.3, -0.25) is 4.79 Å². The van der Waals surface area contributed by atoms with Crippen LogP contribution >= 0.6 is 15.9 Å². The number of carbonyl (C=O) groups is 1. The van der Waals surface area contributed by atoms with Gasteiger partial charge in [0.1, 0.15) is 12.4 Å². The summed E-state index contributed by atoms with van der Waals surface area (Å²) >= 11 is 3.30. The first-order valence-electron chi connectivity index (χ1n) is 7.21. The first-order valence-corrected chi connectivity index (χ1v) is 8.00. The molecule has 0 saturated carbocycles. The minimum absolute atomic E-state index is 0.374. The first-order chi connectivity index (χ1) is 11.6. The Morgan fingerprint density at radius 2 is 2.00 bits per heavy atom. The molecule has 0 saturated heterocycles. The van der Waals surface area contributed by atoms with E-state index in [0.717, 1.165) is 4.47 Å². The van der Waals surface area contributed by atoms with Gasteiger partial charge in [0.25, 0.3) is 5.91 Å². The van der Waals surface area contributed by atoms with Crippen LogP contribution in [0.3, 0.4) is 0 Å². The van der Waals surface area contributed by atoms with E-state index < -0.39 is 12.0 Å². The van der Waals surface area contributed by atoms with Crippen LogP contribution in [-0.2, 0) is 4.79 Å². The smallest absolute Gasteiger partial charge is 0.273 e. The second kappa shape index (κ2) is 9.00. The standard InChI is InChI=1S/C18H17BrN2O3/c1-2-11-24-16-6-4-3-5-14(16)12-20-21-18(23)17(22)13-7-9-15(19)10-8-13/h2-10,12,17,22H,1,11H2,(H,21,23)/b20-12+. The van der Waals surface area contributed by atoms with Crippen LogP contribution in [0.25, 0.3) is 0 Å². The Balaban J connectivity index is 1.99. The van der Waals surface area contributed by atoms with Crippen molar-refractivity contribution in [1.82, 2.24) is 5.43 Å². The molecule has 0 bridgehead atoms. The van der Waals surface area contributed by atoms with Crippen molar-refractivity contribution in [2.45, 2.75) is 6.10 Å². The maximum absolute atomic E-state index is 11.9. The second-order valence-electron chi connectivity index (χ2n) is 4.83. The fourth-order valence-electron chi connectivity index (χ4n) is 1.89. The molecule has 6 heteroatoms. The summed E-state index contributed by atoms with van der Waals surface area (Å²) < 4.78 is 6.36. The van der Waals surface area contributed by atoms with Gasteiger partial charge in [-0.1, -0.05) is 52.9 Å². The second-order valence-corrected chi connectivity index (χ2v) is 5.74. The van der Waals surface area contributed by atoms with Gasteiger partial charge in [0.15, 0.2) is 6.10 Å². The fourth-order valence-corrected chi connectivity index (χ4v) is 2.15. The Labute approximate surface area is 148 Å². The number of carbonyl (C=O) groups excluding carboxylic acids is 1. The van der Waals surface area contributed by atoms with Gasteiger partial charge < -0.3 is 9.84 Å². The zero-order chi connectivity index (χ0) is 17.4. The molecule has 0 aliphatic rings. The molecule has 0 radical (unpaired) electrons. The Morgan fingerprint density at radius 3 is 2.71 bits per heavy atom. The third-order valence-electron chi connectivity index (χ3n) is 3.09. The van der Waals surface area contributed by atoms with Gasteiger partial charge in [-0.2, -0.15) is 5.10 Å². The Morgan fingerprint density at radius 1 is 1.29 bits per heavy atom. The number of hydrogen-bond donors (Lipinski definition) is 2. The minimum Gasteiger partial charge on any atom is -0.489 e. The van der Waals surface area contributed by atoms with E-state index in [9.17, 15) is 9.90 Å². The predicted octanol–water partition coefficient (Wildman–Crippen LogP) is 3.20. The summed E-state index contributed by atoms with van der Waals surface area (Å²) in [5.74, 6) is 0.0157. The van der Waals surface area contributed by atoms with Crippen molar-refractivity contribution in [3.8, 4) is 5.75 Å². The van der Waals surface area contributed by atoms with Crippen LogP contribution in [0.2, 0.25) is 0 Å². The van der Waals surface area contributed by atoms with Crippen molar-refractivity contribution in [1.29, 1.82) is 0 Å². The molecule has 24 heavy (non-hydrogen) atoms. The summed E-state index contributed by atoms with van der Waals surface area (Å²) in [6.45, 7) is 3.97. The Kier molecular flexibility index (Phi) is 6.72. The highest BCUT2D eigenvalue weighted by atomic mass is 79.9. The number of nitrogens with one attached hydrogen (secondary N) is 1. The van der Waals surface area contributed by atoms with Gasteiger partial charge in [0.05, 0.1) is 6.21 Å². The summed E-state index contributed by atoms with van der Waals surface area (Å²) in [7, 11) is 0. The van der Waals surface area contributed by atoms with E-state index in [2.05, 4.69) is 33.0 Å². The van der Waals surface area contributed by atoms with Gasteiger partial charge in [-0.15, -0.1) is 0 Å². The molecule has 1 amide bonds. The Hall–Kier alpha value is -2.44. The summed E-state index contributed by atoms with van der Waals surface area (Å²) in [5.41, 5.74) is 3.51. The van der Waals surface area contributed by atoms with Crippen LogP contribution in [0.1, 0.15) is 17.2 Å². The van der Waals surface area contributed by atoms with Crippen LogP contribution in [0.5, 0.6) is 5.75 Å². The molecule has 2 aromatic rings. The molecule has 0 spiro atoms. The van der Waals surface area contributed by atoms with E-state index in [4.69, 9.17) is 4.74 Å². The van der Waals surface area contributed by atoms with E-state index in [-0.39, 0.29) is 0 Å². The highest BCUT2D eigenvalue weighted by molar-refractivity contribution is 9.10. The highest BCUT2D eigenvalue weighted by Crippen LogP contribution is 2.17. The number of aliphatic hydroxyl groups excluding tert-OH is 1. The molecule has 0 aromatic heterocycles. The first kappa shape index (κ1) is 17.9. The lowest BCUT2D eigenvalue weighted by molar-refractivity contribution is -0.129. The van der Waals surface area contributed by atoms with Gasteiger partial charge >= 0.3 is 0 Å². The summed E-state index contributed by atoms with van der Waals surface area (Å²) in [5, 5.41) is 13.9. The average molecular weight is 389 g/mol. The maximum Gasteiger partial charge on any atom is 0.273 e. The van der Waals surface area contributed by atoms with Crippen molar-refractivity contribution in [2.24, 2.45) is 5.10 Å². The molecular weight excluding hydrogens is 372 g/mol. The minimum atomic E-state index is -1.29. The number of nitrogens with zero attached hydrogens (tertiary/aromatic N) is 1. The zero-order valence-corrected chi connectivity index (χ0v) is 14.4. The molecule has 2 N–H and O–H groups in total. The predicted molar refractivity (Wildman–Crippen MR) is 97.0 cm³/mol. The molecule has 124 valence electrons. The SMILES string of the molecule is C=CCOc1ccccc1/C=N/NC(=O)C(O)c1ccc(Br)cc1. The van der Waals surface area contributed by atoms with Gasteiger partial charge in [-0.05, 0) is 29.8 Å². The third kappa shape index (κ3) is 5.04. The number of hydrogen-bond acceptors (Lipinski definition) is 4. The molecule has 2 rings (SSSR count). The molecule has 0 aliphatic carbocycles. The zero-order valence-electron chi connectivity index (χ0n) is 12.9. The molecule has 1 atom stereocenters. The third-order valence-corrected chi connectivity index (χ3v) is 3.62. The monoisotopic (exact) mass is 388 g/mol. The number of para-hydroxylation sites is 1. The average Bonchev–Trinajstić information content (AvgIpc) is 2.60. The van der Waals surface area contributed by atoms with Gasteiger partial charge in [0, 0.05) is 10.0 Å². The maximum atomic E-state index is 11.9. The topological polar surface area (TPSA) is 70.9 Å². The van der Waals surface area contributed by atoms with Crippen molar-refractivity contribution >= 4 is 28.1 Å². The van der Waals surface area contributed by atoms with Crippen molar-refractivity contribution in [2.75, 3.05) is 6.61 Å². The molecule has 0 fully saturated rings. The van der Waals surface area contributed by atoms with Gasteiger partial charge in [0.2, 0.25) is 0 Å². The Bertz CT molecular complexity index is 729. The van der Waals surface area contributed by atoms with E-state index in [1.165, 1.54) is 6.21 Å². The number of halogens is 1. The summed E-state index contributed by atoms with van der Waals surface area (Å²) in [4.78, 5) is 11.9. The van der Waals surface area contributed by atoms with Crippen molar-refractivity contribution in [3.05, 3.63) is 76.8 Å². The number of hydrazone groups is 1. The van der Waals surface area contributed by atoms with Crippen molar-refractivity contribution in [3.63, 3.8) is 0 Å². The number of benzene rings is 2. The van der Waals surface area contributed by atoms with Gasteiger partial charge in [-0.25, -0.2) is 5.43 Å². The van der Waals surface area contributed by atoms with E-state index >= 15 is 0 Å². The van der Waals surface area contributed by atoms with Crippen LogP contribution in [0.4, 0.5) is 0 Å². The van der Waals surface area contributed by atoms with Crippen LogP contribution in [-0.4, -0.2) is 23.8 Å². The lowest BCUT2D eigenvalue weighted by Gasteiger charge is -2.09. The number of ether oxygens (including phenoxy) is 1. The summed E-state index contributed by atoms with van der Waals surface area (Å²) in [6, 6.07) is 14.1. The van der Waals surface area contributed by atoms with Crippen molar-refractivity contribution < 1.29 is 14.6 Å². The van der Waals surface area contributed by atoms with Crippen LogP contribution in [0, 0.1) is 0 Å². The van der Waals surface area contributed by atoms with E-state index in [1.54, 1.807) is 42.5 Å². The molecule has 2 aromatic carbocycles. The lowest BCUT2D eigenvalue weighted by Crippen LogP contribution is -2.25. The number of rotatable bonds is 7. The summed E-state index contributed by atoms with van der Waals surface area (Å²) in [6.07, 6.45) is 1.82. The molecule has 0 heterocycles. The number of aliphatic hydroxyl groups is 1. The quantitative estimate of drug-likeness (QED) is 0.434. The largest absolute Gasteiger partial charge is 0.489 e. The highest BCUT2D eigenvalue weighted by Gasteiger charge is 2.16. The normalized spacial score (nSPS) is 11.9. The number of amides is 1. The lowest BCUT2D eigenvalue weighted by atomic mass is 10.1. The molecule has 5 nitrogen and oxygen atoms in total. The molecule has 1 unspecified atom stereocenters. The molecular formula is C18H17BrN2O3. The fraction of sp³-hybridized carbons (Fsp3) is 0.111. The molecule has 0 aliphatic heterocycles. The van der Waals surface area contributed by atoms with E-state index in [1.807, 2.05) is 12.1 Å². The van der Waals surface area contributed by atoms with E-state index in [0.29, 0.717) is 23.5 Å². The van der Waals surface area contributed by atoms with Crippen LogP contribution in [0.15, 0.2) is 70.8 Å². The van der Waals surface area contributed by atoms with Crippen LogP contribution < -0.4 is 10.2 Å².